The summed E-state index contributed by atoms with van der Waals surface area (Å²) in [5.74, 6) is -2.15. The minimum atomic E-state index is -3.06. The van der Waals surface area contributed by atoms with Crippen molar-refractivity contribution in [3.8, 4) is 0 Å². The molecule has 0 aromatic carbocycles. The van der Waals surface area contributed by atoms with Crippen LogP contribution in [0.3, 0.4) is 0 Å². The zero-order valence-corrected chi connectivity index (χ0v) is 10.8. The van der Waals surface area contributed by atoms with Crippen molar-refractivity contribution < 1.29 is 39.9 Å². The van der Waals surface area contributed by atoms with Gasteiger partial charge in [0.1, 0.15) is 23.9 Å². The molecule has 5 N–H and O–H groups in total. The van der Waals surface area contributed by atoms with Gasteiger partial charge in [-0.2, -0.15) is 0 Å². The van der Waals surface area contributed by atoms with Gasteiger partial charge < -0.3 is 30.3 Å². The van der Waals surface area contributed by atoms with Crippen molar-refractivity contribution in [3.05, 3.63) is 0 Å². The largest absolute Gasteiger partial charge is 0.387 e. The number of hydrogen-bond donors (Lipinski definition) is 5. The fourth-order valence-corrected chi connectivity index (χ4v) is 1.72. The number of aldehydes is 1. The second-order valence-electron chi connectivity index (χ2n) is 4.55. The molecule has 0 rings (SSSR count). The Balaban J connectivity index is 5.74. The van der Waals surface area contributed by atoms with Crippen molar-refractivity contribution in [2.45, 2.75) is 50.3 Å². The molecular weight excluding hydrogens is 260 g/mol. The first-order chi connectivity index (χ1) is 8.44. The van der Waals surface area contributed by atoms with Gasteiger partial charge >= 0.3 is 0 Å². The van der Waals surface area contributed by atoms with Crippen LogP contribution < -0.4 is 0 Å². The second kappa shape index (κ2) is 5.85. The van der Waals surface area contributed by atoms with Crippen LogP contribution >= 0.6 is 0 Å². The number of aliphatic hydroxyl groups excluding tert-OH is 3. The molecule has 0 heterocycles. The fourth-order valence-electron chi connectivity index (χ4n) is 1.72. The number of carbonyl (C=O) groups excluding carboxylic acids is 3. The van der Waals surface area contributed by atoms with Gasteiger partial charge in [-0.1, -0.05) is 0 Å². The van der Waals surface area contributed by atoms with E-state index in [1.54, 1.807) is 0 Å². The van der Waals surface area contributed by atoms with Crippen LogP contribution in [0, 0.1) is 0 Å². The summed E-state index contributed by atoms with van der Waals surface area (Å²) >= 11 is 0. The van der Waals surface area contributed by atoms with Crippen LogP contribution in [-0.4, -0.2) is 72.9 Å². The summed E-state index contributed by atoms with van der Waals surface area (Å²) in [5, 5.41) is 48.5. The molecule has 0 aliphatic rings. The minimum Gasteiger partial charge on any atom is -0.387 e. The van der Waals surface area contributed by atoms with Crippen LogP contribution in [0.15, 0.2) is 0 Å². The number of hydrogen-bond acceptors (Lipinski definition) is 8. The summed E-state index contributed by atoms with van der Waals surface area (Å²) in [5.41, 5.74) is -5.89. The smallest absolute Gasteiger partial charge is 0.186 e. The molecule has 0 aromatic heterocycles. The predicted molar refractivity (Wildman–Crippen MR) is 61.0 cm³/mol. The average molecular weight is 278 g/mol. The average Bonchev–Trinajstić information content (AvgIpc) is 2.33. The molecule has 0 saturated carbocycles. The molecule has 0 fully saturated rings. The summed E-state index contributed by atoms with van der Waals surface area (Å²) in [4.78, 5) is 32.9. The van der Waals surface area contributed by atoms with Crippen molar-refractivity contribution in [3.63, 3.8) is 0 Å². The van der Waals surface area contributed by atoms with Crippen molar-refractivity contribution in [2.24, 2.45) is 0 Å². The highest BCUT2D eigenvalue weighted by atomic mass is 16.4. The first kappa shape index (κ1) is 17.8. The maximum atomic E-state index is 11.4. The van der Waals surface area contributed by atoms with E-state index in [0.717, 1.165) is 20.8 Å². The quantitative estimate of drug-likeness (QED) is 0.307. The summed E-state index contributed by atoms with van der Waals surface area (Å²) in [6, 6.07) is 0. The molecule has 8 heteroatoms. The molecule has 0 saturated heterocycles. The molecule has 0 radical (unpaired) electrons. The molecule has 0 aliphatic heterocycles. The van der Waals surface area contributed by atoms with Gasteiger partial charge in [0.15, 0.2) is 23.5 Å². The number of ketones is 2. The third-order valence-electron chi connectivity index (χ3n) is 3.16. The molecular formula is C11H18O8. The van der Waals surface area contributed by atoms with E-state index in [1.807, 2.05) is 0 Å². The van der Waals surface area contributed by atoms with E-state index in [0.29, 0.717) is 0 Å². The highest BCUT2D eigenvalue weighted by molar-refractivity contribution is 5.91. The highest BCUT2D eigenvalue weighted by Gasteiger charge is 2.60. The molecule has 110 valence electrons. The monoisotopic (exact) mass is 278 g/mol. The molecule has 0 bridgehead atoms. The van der Waals surface area contributed by atoms with Gasteiger partial charge in [-0.3, -0.25) is 9.59 Å². The van der Waals surface area contributed by atoms with Crippen LogP contribution in [0.2, 0.25) is 0 Å². The van der Waals surface area contributed by atoms with Crippen molar-refractivity contribution in [2.75, 3.05) is 0 Å². The van der Waals surface area contributed by atoms with Crippen molar-refractivity contribution in [1.29, 1.82) is 0 Å². The van der Waals surface area contributed by atoms with Crippen molar-refractivity contribution >= 4 is 17.9 Å². The summed E-state index contributed by atoms with van der Waals surface area (Å²) in [6.07, 6.45) is -6.93. The van der Waals surface area contributed by atoms with Gasteiger partial charge in [0.2, 0.25) is 0 Å². The molecule has 1 unspecified atom stereocenters. The maximum absolute atomic E-state index is 11.4. The molecule has 0 aliphatic carbocycles. The first-order valence-electron chi connectivity index (χ1n) is 5.40. The van der Waals surface area contributed by atoms with Gasteiger partial charge in [0, 0.05) is 0 Å². The van der Waals surface area contributed by atoms with Crippen LogP contribution in [0.25, 0.3) is 0 Å². The van der Waals surface area contributed by atoms with E-state index in [1.165, 1.54) is 0 Å². The zero-order valence-electron chi connectivity index (χ0n) is 10.8. The Morgan fingerprint density at radius 1 is 1.11 bits per heavy atom. The lowest BCUT2D eigenvalue weighted by Gasteiger charge is -2.44. The lowest BCUT2D eigenvalue weighted by atomic mass is 9.72. The topological polar surface area (TPSA) is 152 Å². The van der Waals surface area contributed by atoms with E-state index in [2.05, 4.69) is 0 Å². The normalized spacial score (nSPS) is 22.5. The molecule has 0 aromatic rings. The van der Waals surface area contributed by atoms with Crippen molar-refractivity contribution in [1.82, 2.24) is 0 Å². The van der Waals surface area contributed by atoms with Gasteiger partial charge in [0.05, 0.1) is 0 Å². The van der Waals surface area contributed by atoms with Gasteiger partial charge in [-0.15, -0.1) is 0 Å². The molecule has 0 amide bonds. The number of Topliss-reactive ketones (excluding diaryl/α,β-unsaturated/α-hetero) is 2. The van der Waals surface area contributed by atoms with Crippen LogP contribution in [0.1, 0.15) is 20.8 Å². The highest BCUT2D eigenvalue weighted by Crippen LogP contribution is 2.31. The minimum absolute atomic E-state index is 0.206. The van der Waals surface area contributed by atoms with E-state index >= 15 is 0 Å². The summed E-state index contributed by atoms with van der Waals surface area (Å²) in [7, 11) is 0. The van der Waals surface area contributed by atoms with Crippen LogP contribution in [-0.2, 0) is 14.4 Å². The Bertz CT molecular complexity index is 377. The Labute approximate surface area is 109 Å². The number of carbonyl (C=O) groups is 3. The van der Waals surface area contributed by atoms with Gasteiger partial charge in [-0.25, -0.2) is 0 Å². The molecule has 5 atom stereocenters. The Kier molecular flexibility index (Phi) is 5.48. The molecule has 19 heavy (non-hydrogen) atoms. The van der Waals surface area contributed by atoms with E-state index in [4.69, 9.17) is 0 Å². The SMILES string of the molecule is CC(=O)C(O)[C@@H](O)[C@@](C)(O)[C@@](O)(C(C)=O)[C@@H](O)C=O. The molecule has 0 spiro atoms. The lowest BCUT2D eigenvalue weighted by molar-refractivity contribution is -0.232. The first-order valence-corrected chi connectivity index (χ1v) is 5.40. The predicted octanol–water partition coefficient (Wildman–Crippen LogP) is -3.07. The second-order valence-corrected chi connectivity index (χ2v) is 4.55. The van der Waals surface area contributed by atoms with E-state index in [-0.39, 0.29) is 6.29 Å². The standard InChI is InChI=1S/C11H18O8/c1-5(13)8(16)9(17)10(3,18)11(19,6(2)14)7(15)4-12/h4,7-9,15-19H,1-3H3/t7-,8?,9+,10+,11+/m0/s1. The fraction of sp³-hybridized carbons (Fsp3) is 0.727. The maximum Gasteiger partial charge on any atom is 0.186 e. The van der Waals surface area contributed by atoms with Crippen LogP contribution in [0.5, 0.6) is 0 Å². The number of aliphatic hydroxyl groups is 5. The Morgan fingerprint density at radius 2 is 1.53 bits per heavy atom. The van der Waals surface area contributed by atoms with Crippen LogP contribution in [0.4, 0.5) is 0 Å². The van der Waals surface area contributed by atoms with E-state index < -0.39 is 41.1 Å². The van der Waals surface area contributed by atoms with E-state index in [9.17, 15) is 39.9 Å². The van der Waals surface area contributed by atoms with Gasteiger partial charge in [-0.05, 0) is 20.8 Å². The molecule has 8 nitrogen and oxygen atoms in total. The third-order valence-corrected chi connectivity index (χ3v) is 3.16. The third kappa shape index (κ3) is 2.88. The Hall–Kier alpha value is -1.19. The lowest BCUT2D eigenvalue weighted by Crippen LogP contribution is -2.71. The Morgan fingerprint density at radius 3 is 1.79 bits per heavy atom. The summed E-state index contributed by atoms with van der Waals surface area (Å²) < 4.78 is 0. The summed E-state index contributed by atoms with van der Waals surface area (Å²) in [6.45, 7) is 2.40. The van der Waals surface area contributed by atoms with Gasteiger partial charge in [0.25, 0.3) is 0 Å². The zero-order chi connectivity index (χ0) is 15.6. The number of rotatable bonds is 7.